The zero-order valence-electron chi connectivity index (χ0n) is 24.6. The molecule has 11 heteroatoms. The minimum Gasteiger partial charge on any atom is -0.472 e. The van der Waals surface area contributed by atoms with E-state index in [0.29, 0.717) is 24.6 Å². The molecule has 2 fully saturated rings. The van der Waals surface area contributed by atoms with E-state index < -0.39 is 65.2 Å². The Balaban J connectivity index is 1.56. The summed E-state index contributed by atoms with van der Waals surface area (Å²) in [6.07, 6.45) is -0.363. The standard InChI is InChI=1S/C31H38F3N3O5/c1-16-24-15-37(25(16)17(2)38)28(39)26(30(3,4)5)36-29(40)42-23-13-19(23)8-6-7-11-31(33,34)21-12-18-9-10-20(32)14-22(18)35-27(21)41-24/h9-10,12,14,16,19,23-26H,6-8,11,13,15H2,1-5H3,(H,36,40)/t16-,19-,23-,24+,25+,26-/m1/s1. The van der Waals surface area contributed by atoms with Crippen molar-refractivity contribution in [2.45, 2.75) is 96.9 Å². The highest BCUT2D eigenvalue weighted by Crippen LogP contribution is 2.43. The van der Waals surface area contributed by atoms with Gasteiger partial charge in [0, 0.05) is 23.8 Å². The van der Waals surface area contributed by atoms with Crippen molar-refractivity contribution in [2.24, 2.45) is 17.3 Å². The Hall–Kier alpha value is -3.37. The van der Waals surface area contributed by atoms with Gasteiger partial charge in [-0.15, -0.1) is 0 Å². The zero-order chi connectivity index (χ0) is 30.6. The third-order valence-corrected chi connectivity index (χ3v) is 8.71. The third-order valence-electron chi connectivity index (χ3n) is 8.71. The van der Waals surface area contributed by atoms with Crippen LogP contribution in [0.2, 0.25) is 0 Å². The van der Waals surface area contributed by atoms with Crippen LogP contribution in [0, 0.1) is 23.1 Å². The highest BCUT2D eigenvalue weighted by atomic mass is 19.3. The number of aromatic nitrogens is 1. The zero-order valence-corrected chi connectivity index (χ0v) is 24.6. The molecule has 1 aliphatic carbocycles. The first-order valence-corrected chi connectivity index (χ1v) is 14.6. The number of ether oxygens (including phenoxy) is 2. The number of nitrogens with zero attached hydrogens (tertiary/aromatic N) is 2. The summed E-state index contributed by atoms with van der Waals surface area (Å²) < 4.78 is 57.3. The summed E-state index contributed by atoms with van der Waals surface area (Å²) in [6, 6.07) is 3.10. The van der Waals surface area contributed by atoms with Gasteiger partial charge in [-0.05, 0) is 55.7 Å². The highest BCUT2D eigenvalue weighted by molar-refractivity contribution is 5.92. The van der Waals surface area contributed by atoms with Gasteiger partial charge >= 0.3 is 6.09 Å². The van der Waals surface area contributed by atoms with Crippen molar-refractivity contribution < 1.29 is 37.0 Å². The molecule has 2 bridgehead atoms. The fourth-order valence-corrected chi connectivity index (χ4v) is 6.20. The second kappa shape index (κ2) is 11.0. The minimum atomic E-state index is -3.30. The minimum absolute atomic E-state index is 0.0745. The normalized spacial score (nSPS) is 30.2. The van der Waals surface area contributed by atoms with Crippen LogP contribution in [-0.4, -0.2) is 58.5 Å². The largest absolute Gasteiger partial charge is 0.472 e. The van der Waals surface area contributed by atoms with Crippen molar-refractivity contribution in [3.63, 3.8) is 0 Å². The Kier molecular flexibility index (Phi) is 7.91. The second-order valence-corrected chi connectivity index (χ2v) is 13.1. The van der Waals surface area contributed by atoms with Gasteiger partial charge in [0.15, 0.2) is 5.78 Å². The van der Waals surface area contributed by atoms with E-state index >= 15 is 8.78 Å². The predicted molar refractivity (Wildman–Crippen MR) is 149 cm³/mol. The number of benzene rings is 1. The molecular formula is C31H38F3N3O5. The molecule has 0 unspecified atom stereocenters. The number of amides is 2. The molecule has 6 atom stereocenters. The van der Waals surface area contributed by atoms with Crippen LogP contribution in [0.3, 0.4) is 0 Å². The van der Waals surface area contributed by atoms with E-state index in [2.05, 4.69) is 10.3 Å². The Bertz CT molecular complexity index is 1390. The molecule has 2 aromatic rings. The first-order chi connectivity index (χ1) is 19.7. The van der Waals surface area contributed by atoms with Crippen molar-refractivity contribution in [3.05, 3.63) is 35.6 Å². The summed E-state index contributed by atoms with van der Waals surface area (Å²) in [5.41, 5.74) is -0.988. The Morgan fingerprint density at radius 2 is 1.86 bits per heavy atom. The molecule has 0 spiro atoms. The molecular weight excluding hydrogens is 551 g/mol. The van der Waals surface area contributed by atoms with Gasteiger partial charge in [0.1, 0.15) is 24.1 Å². The van der Waals surface area contributed by atoms with E-state index in [-0.39, 0.29) is 42.2 Å². The number of carbonyl (C=O) groups is 3. The summed E-state index contributed by atoms with van der Waals surface area (Å²) in [4.78, 5) is 45.3. The SMILES string of the molecule is CC(=O)[C@@H]1[C@H](C)[C@@H]2CN1C(=O)[C@H](C(C)(C)C)NC(=O)O[C@@H]1C[C@H]1CCCCC(F)(F)c1cc3ccc(F)cc3nc1O2. The molecule has 3 aliphatic rings. The van der Waals surface area contributed by atoms with E-state index in [1.165, 1.54) is 30.0 Å². The molecule has 2 amide bonds. The molecule has 0 radical (unpaired) electrons. The number of hydrogen-bond acceptors (Lipinski definition) is 6. The molecule has 1 aromatic carbocycles. The average Bonchev–Trinajstić information content (AvgIpc) is 3.54. The van der Waals surface area contributed by atoms with Crippen LogP contribution in [-0.2, 0) is 20.2 Å². The number of alkyl carbamates (subject to hydrolysis) is 1. The number of ketones is 1. The Morgan fingerprint density at radius 3 is 2.55 bits per heavy atom. The van der Waals surface area contributed by atoms with Gasteiger partial charge < -0.3 is 19.7 Å². The summed E-state index contributed by atoms with van der Waals surface area (Å²) in [5, 5.41) is 3.07. The van der Waals surface area contributed by atoms with Gasteiger partial charge in [0.05, 0.1) is 23.7 Å². The summed E-state index contributed by atoms with van der Waals surface area (Å²) in [7, 11) is 0. The molecule has 1 saturated carbocycles. The molecule has 3 heterocycles. The van der Waals surface area contributed by atoms with Crippen LogP contribution in [0.15, 0.2) is 24.3 Å². The molecule has 8 nitrogen and oxygen atoms in total. The van der Waals surface area contributed by atoms with Gasteiger partial charge in [0.25, 0.3) is 5.92 Å². The number of pyridine rings is 1. The number of fused-ring (bicyclic) bond motifs is 5. The molecule has 1 N–H and O–H groups in total. The fourth-order valence-electron chi connectivity index (χ4n) is 6.20. The average molecular weight is 590 g/mol. The number of halogens is 3. The van der Waals surface area contributed by atoms with Crippen molar-refractivity contribution >= 4 is 28.7 Å². The Labute approximate surface area is 243 Å². The van der Waals surface area contributed by atoms with Crippen LogP contribution in [0.4, 0.5) is 18.0 Å². The van der Waals surface area contributed by atoms with Crippen molar-refractivity contribution in [1.29, 1.82) is 0 Å². The first kappa shape index (κ1) is 30.1. The van der Waals surface area contributed by atoms with Crippen molar-refractivity contribution in [2.75, 3.05) is 6.54 Å². The molecule has 1 saturated heterocycles. The summed E-state index contributed by atoms with van der Waals surface area (Å²) >= 11 is 0. The first-order valence-electron chi connectivity index (χ1n) is 14.6. The molecule has 42 heavy (non-hydrogen) atoms. The maximum absolute atomic E-state index is 15.8. The maximum atomic E-state index is 15.8. The summed E-state index contributed by atoms with van der Waals surface area (Å²) in [6.45, 7) is 8.37. The van der Waals surface area contributed by atoms with Gasteiger partial charge in [-0.25, -0.2) is 22.9 Å². The number of rotatable bonds is 1. The van der Waals surface area contributed by atoms with E-state index in [1.54, 1.807) is 27.7 Å². The lowest BCUT2D eigenvalue weighted by Crippen LogP contribution is -2.57. The number of carbonyl (C=O) groups excluding carboxylic acids is 3. The lowest BCUT2D eigenvalue weighted by molar-refractivity contribution is -0.141. The maximum Gasteiger partial charge on any atom is 0.408 e. The van der Waals surface area contributed by atoms with Crippen LogP contribution in [0.25, 0.3) is 10.9 Å². The van der Waals surface area contributed by atoms with E-state index in [9.17, 15) is 18.8 Å². The molecule has 5 rings (SSSR count). The van der Waals surface area contributed by atoms with E-state index in [0.717, 1.165) is 6.07 Å². The third kappa shape index (κ3) is 6.06. The topological polar surface area (TPSA) is 97.8 Å². The number of hydrogen-bond donors (Lipinski definition) is 1. The number of nitrogens with one attached hydrogen (secondary N) is 1. The lowest BCUT2D eigenvalue weighted by atomic mass is 9.85. The van der Waals surface area contributed by atoms with Gasteiger partial charge in [-0.3, -0.25) is 9.59 Å². The van der Waals surface area contributed by atoms with E-state index in [1.807, 2.05) is 0 Å². The molecule has 2 aliphatic heterocycles. The highest BCUT2D eigenvalue weighted by Gasteiger charge is 2.50. The smallest absolute Gasteiger partial charge is 0.408 e. The van der Waals surface area contributed by atoms with Gasteiger partial charge in [-0.2, -0.15) is 0 Å². The number of Topliss-reactive ketones (excluding diaryl/α,β-unsaturated/α-hetero) is 1. The van der Waals surface area contributed by atoms with Gasteiger partial charge in [0.2, 0.25) is 11.8 Å². The van der Waals surface area contributed by atoms with Crippen molar-refractivity contribution in [1.82, 2.24) is 15.2 Å². The van der Waals surface area contributed by atoms with Crippen LogP contribution >= 0.6 is 0 Å². The van der Waals surface area contributed by atoms with Crippen molar-refractivity contribution in [3.8, 4) is 5.88 Å². The summed E-state index contributed by atoms with van der Waals surface area (Å²) in [5.74, 6) is -5.52. The lowest BCUT2D eigenvalue weighted by Gasteiger charge is -2.35. The fraction of sp³-hybridized carbons (Fsp3) is 0.613. The second-order valence-electron chi connectivity index (χ2n) is 13.1. The molecule has 1 aromatic heterocycles. The van der Waals surface area contributed by atoms with E-state index in [4.69, 9.17) is 9.47 Å². The quantitative estimate of drug-likeness (QED) is 0.455. The van der Waals surface area contributed by atoms with Crippen LogP contribution in [0.1, 0.15) is 72.3 Å². The predicted octanol–water partition coefficient (Wildman–Crippen LogP) is 5.75. The number of alkyl halides is 2. The van der Waals surface area contributed by atoms with Crippen LogP contribution < -0.4 is 10.1 Å². The van der Waals surface area contributed by atoms with Gasteiger partial charge in [-0.1, -0.05) is 34.1 Å². The monoisotopic (exact) mass is 589 g/mol. The Morgan fingerprint density at radius 1 is 1.12 bits per heavy atom. The molecule has 228 valence electrons. The van der Waals surface area contributed by atoms with Crippen LogP contribution in [0.5, 0.6) is 5.88 Å².